The molecule has 2 heterocycles. The highest BCUT2D eigenvalue weighted by Crippen LogP contribution is 2.30. The van der Waals surface area contributed by atoms with Crippen LogP contribution in [0.3, 0.4) is 0 Å². The molecule has 1 saturated heterocycles. The van der Waals surface area contributed by atoms with Gasteiger partial charge in [-0.15, -0.1) is 0 Å². The molecule has 0 saturated carbocycles. The molecule has 3 rings (SSSR count). The van der Waals surface area contributed by atoms with Gasteiger partial charge < -0.3 is 4.98 Å². The normalized spacial score (nSPS) is 20.4. The molecule has 4 nitrogen and oxygen atoms in total. The summed E-state index contributed by atoms with van der Waals surface area (Å²) in [6.45, 7) is 0.662. The average Bonchev–Trinajstić information content (AvgIpc) is 2.91. The Kier molecular flexibility index (Phi) is 2.37. The Morgan fingerprint density at radius 3 is 2.94 bits per heavy atom. The summed E-state index contributed by atoms with van der Waals surface area (Å²) in [5, 5.41) is 2.57. The molecule has 0 bridgehead atoms. The standard InChI is InChI=1S/C13H14N2O2/c1-17-15-7-6-10(13(15)16)12-8-9-4-2-3-5-11(9)14-12/h2-5,8,10,14H,6-7H2,1H3. The fourth-order valence-corrected chi connectivity index (χ4v) is 2.41. The van der Waals surface area contributed by atoms with Crippen LogP contribution < -0.4 is 0 Å². The first-order valence-corrected chi connectivity index (χ1v) is 5.73. The number of nitrogens with zero attached hydrogens (tertiary/aromatic N) is 1. The molecule has 1 N–H and O–H groups in total. The van der Waals surface area contributed by atoms with Crippen LogP contribution in [-0.2, 0) is 9.63 Å². The summed E-state index contributed by atoms with van der Waals surface area (Å²) in [6.07, 6.45) is 0.805. The molecule has 1 amide bonds. The molecule has 1 atom stereocenters. The van der Waals surface area contributed by atoms with Gasteiger partial charge in [0.15, 0.2) is 0 Å². The van der Waals surface area contributed by atoms with Gasteiger partial charge in [0.2, 0.25) is 0 Å². The SMILES string of the molecule is CON1CCC(c2cc3ccccc3[nH]2)C1=O. The number of hydrogen-bond acceptors (Lipinski definition) is 2. The zero-order chi connectivity index (χ0) is 11.8. The van der Waals surface area contributed by atoms with Crippen molar-refractivity contribution in [1.82, 2.24) is 10.0 Å². The zero-order valence-electron chi connectivity index (χ0n) is 9.64. The average molecular weight is 230 g/mol. The Morgan fingerprint density at radius 1 is 1.41 bits per heavy atom. The number of hydroxylamine groups is 2. The lowest BCUT2D eigenvalue weighted by Gasteiger charge is -2.12. The van der Waals surface area contributed by atoms with Crippen LogP contribution in [0.15, 0.2) is 30.3 Å². The zero-order valence-corrected chi connectivity index (χ0v) is 9.64. The molecular weight excluding hydrogens is 216 g/mol. The van der Waals surface area contributed by atoms with Gasteiger partial charge in [0.25, 0.3) is 5.91 Å². The minimum atomic E-state index is -0.0950. The molecule has 1 aliphatic rings. The Bertz CT molecular complexity index is 528. The summed E-state index contributed by atoms with van der Waals surface area (Å²) in [4.78, 5) is 20.3. The van der Waals surface area contributed by atoms with Crippen molar-refractivity contribution in [2.45, 2.75) is 12.3 Å². The quantitative estimate of drug-likeness (QED) is 0.858. The number of carbonyl (C=O) groups is 1. The van der Waals surface area contributed by atoms with Gasteiger partial charge in [0.05, 0.1) is 13.0 Å². The van der Waals surface area contributed by atoms with E-state index in [1.165, 1.54) is 12.2 Å². The van der Waals surface area contributed by atoms with E-state index >= 15 is 0 Å². The molecule has 17 heavy (non-hydrogen) atoms. The third kappa shape index (κ3) is 1.61. The van der Waals surface area contributed by atoms with Gasteiger partial charge in [0, 0.05) is 17.8 Å². The predicted octanol–water partition coefficient (Wildman–Crippen LogP) is 2.05. The van der Waals surface area contributed by atoms with E-state index in [1.807, 2.05) is 24.3 Å². The van der Waals surface area contributed by atoms with Crippen molar-refractivity contribution in [3.63, 3.8) is 0 Å². The molecule has 1 fully saturated rings. The maximum Gasteiger partial charge on any atom is 0.255 e. The maximum atomic E-state index is 12.0. The van der Waals surface area contributed by atoms with Crippen molar-refractivity contribution in [2.75, 3.05) is 13.7 Å². The number of para-hydroxylation sites is 1. The first kappa shape index (κ1) is 10.4. The lowest BCUT2D eigenvalue weighted by Crippen LogP contribution is -2.25. The van der Waals surface area contributed by atoms with Crippen LogP contribution in [0.2, 0.25) is 0 Å². The minimum Gasteiger partial charge on any atom is -0.358 e. The van der Waals surface area contributed by atoms with E-state index in [1.54, 1.807) is 0 Å². The largest absolute Gasteiger partial charge is 0.358 e. The second kappa shape index (κ2) is 3.89. The number of rotatable bonds is 2. The van der Waals surface area contributed by atoms with Crippen LogP contribution in [-0.4, -0.2) is 29.6 Å². The third-order valence-corrected chi connectivity index (χ3v) is 3.31. The Hall–Kier alpha value is -1.81. The first-order valence-electron chi connectivity index (χ1n) is 5.73. The van der Waals surface area contributed by atoms with Crippen LogP contribution in [0.25, 0.3) is 10.9 Å². The number of hydrogen-bond donors (Lipinski definition) is 1. The van der Waals surface area contributed by atoms with Gasteiger partial charge in [-0.25, -0.2) is 5.06 Å². The van der Waals surface area contributed by atoms with Gasteiger partial charge in [-0.2, -0.15) is 0 Å². The highest BCUT2D eigenvalue weighted by atomic mass is 16.7. The van der Waals surface area contributed by atoms with Gasteiger partial charge in [0.1, 0.15) is 0 Å². The van der Waals surface area contributed by atoms with E-state index in [0.29, 0.717) is 6.54 Å². The summed E-state index contributed by atoms with van der Waals surface area (Å²) in [5.41, 5.74) is 2.06. The van der Waals surface area contributed by atoms with Crippen LogP contribution in [0.5, 0.6) is 0 Å². The van der Waals surface area contributed by atoms with Crippen molar-refractivity contribution in [3.05, 3.63) is 36.0 Å². The number of nitrogens with one attached hydrogen (secondary N) is 1. The molecule has 0 aliphatic carbocycles. The second-order valence-electron chi connectivity index (χ2n) is 4.28. The van der Waals surface area contributed by atoms with Crippen LogP contribution >= 0.6 is 0 Å². The van der Waals surface area contributed by atoms with Crippen LogP contribution in [0.4, 0.5) is 0 Å². The van der Waals surface area contributed by atoms with Crippen LogP contribution in [0, 0.1) is 0 Å². The van der Waals surface area contributed by atoms with Crippen molar-refractivity contribution in [2.24, 2.45) is 0 Å². The van der Waals surface area contributed by atoms with Gasteiger partial charge in [-0.05, 0) is 23.9 Å². The molecule has 1 aliphatic heterocycles. The van der Waals surface area contributed by atoms with Gasteiger partial charge in [-0.1, -0.05) is 18.2 Å². The molecule has 4 heteroatoms. The summed E-state index contributed by atoms with van der Waals surface area (Å²) < 4.78 is 0. The van der Waals surface area contributed by atoms with Crippen molar-refractivity contribution >= 4 is 16.8 Å². The molecule has 1 aromatic carbocycles. The van der Waals surface area contributed by atoms with E-state index in [4.69, 9.17) is 4.84 Å². The van der Waals surface area contributed by atoms with E-state index in [-0.39, 0.29) is 11.8 Å². The molecular formula is C13H14N2O2. The fourth-order valence-electron chi connectivity index (χ4n) is 2.41. The topological polar surface area (TPSA) is 45.3 Å². The molecule has 2 aromatic rings. The number of benzene rings is 1. The van der Waals surface area contributed by atoms with E-state index < -0.39 is 0 Å². The van der Waals surface area contributed by atoms with Crippen LogP contribution in [0.1, 0.15) is 18.0 Å². The number of fused-ring (bicyclic) bond motifs is 1. The Morgan fingerprint density at radius 2 is 2.24 bits per heavy atom. The lowest BCUT2D eigenvalue weighted by atomic mass is 10.0. The monoisotopic (exact) mass is 230 g/mol. The highest BCUT2D eigenvalue weighted by Gasteiger charge is 2.34. The fraction of sp³-hybridized carbons (Fsp3) is 0.308. The third-order valence-electron chi connectivity index (χ3n) is 3.31. The first-order chi connectivity index (χ1) is 8.29. The summed E-state index contributed by atoms with van der Waals surface area (Å²) in [5.74, 6) is -0.0543. The van der Waals surface area contributed by atoms with E-state index in [0.717, 1.165) is 23.0 Å². The van der Waals surface area contributed by atoms with E-state index in [2.05, 4.69) is 11.1 Å². The van der Waals surface area contributed by atoms with Crippen molar-refractivity contribution < 1.29 is 9.63 Å². The maximum absolute atomic E-state index is 12.0. The number of aromatic amines is 1. The van der Waals surface area contributed by atoms with E-state index in [9.17, 15) is 4.79 Å². The molecule has 0 radical (unpaired) electrons. The minimum absolute atomic E-state index is 0.0408. The summed E-state index contributed by atoms with van der Waals surface area (Å²) in [7, 11) is 1.53. The molecule has 0 spiro atoms. The van der Waals surface area contributed by atoms with Crippen molar-refractivity contribution in [1.29, 1.82) is 0 Å². The highest BCUT2D eigenvalue weighted by molar-refractivity contribution is 5.87. The predicted molar refractivity (Wildman–Crippen MR) is 64.4 cm³/mol. The van der Waals surface area contributed by atoms with Crippen molar-refractivity contribution in [3.8, 4) is 0 Å². The smallest absolute Gasteiger partial charge is 0.255 e. The number of carbonyl (C=O) groups excluding carboxylic acids is 1. The number of aromatic nitrogens is 1. The summed E-state index contributed by atoms with van der Waals surface area (Å²) >= 11 is 0. The Balaban J connectivity index is 1.97. The van der Waals surface area contributed by atoms with Gasteiger partial charge >= 0.3 is 0 Å². The number of amides is 1. The lowest BCUT2D eigenvalue weighted by molar-refractivity contribution is -0.168. The number of H-pyrrole nitrogens is 1. The molecule has 1 aromatic heterocycles. The summed E-state index contributed by atoms with van der Waals surface area (Å²) in [6, 6.07) is 10.1. The Labute approximate surface area is 99.1 Å². The molecule has 1 unspecified atom stereocenters. The molecule has 88 valence electrons. The second-order valence-corrected chi connectivity index (χ2v) is 4.28. The van der Waals surface area contributed by atoms with Gasteiger partial charge in [-0.3, -0.25) is 9.63 Å².